The maximum atomic E-state index is 12.9. The van der Waals surface area contributed by atoms with E-state index in [1.807, 2.05) is 10.6 Å². The molecule has 0 saturated heterocycles. The van der Waals surface area contributed by atoms with Gasteiger partial charge >= 0.3 is 0 Å². The lowest BCUT2D eigenvalue weighted by atomic mass is 10.2. The lowest BCUT2D eigenvalue weighted by Gasteiger charge is -2.11. The fraction of sp³-hybridized carbons (Fsp3) is 0.267. The summed E-state index contributed by atoms with van der Waals surface area (Å²) in [4.78, 5) is 11.0. The van der Waals surface area contributed by atoms with Gasteiger partial charge in [-0.3, -0.25) is 4.79 Å². The number of carbonyl (C=O) groups is 1. The monoisotopic (exact) mass is 261 g/mol. The Balaban J connectivity index is 2.23. The average molecular weight is 261 g/mol. The molecule has 0 aliphatic rings. The van der Waals surface area contributed by atoms with Gasteiger partial charge in [0.25, 0.3) is 0 Å². The van der Waals surface area contributed by atoms with E-state index < -0.39 is 0 Å². The molecule has 0 aliphatic carbocycles. The van der Waals surface area contributed by atoms with E-state index in [-0.39, 0.29) is 5.82 Å². The molecular formula is C15H16FNO2. The molecule has 0 radical (unpaired) electrons. The number of hydrogen-bond acceptors (Lipinski definition) is 2. The summed E-state index contributed by atoms with van der Waals surface area (Å²) in [6.45, 7) is 1.16. The lowest BCUT2D eigenvalue weighted by molar-refractivity contribution is 0.111. The summed E-state index contributed by atoms with van der Waals surface area (Å²) in [7, 11) is 1.65. The Kier molecular flexibility index (Phi) is 4.47. The third-order valence-electron chi connectivity index (χ3n) is 3.04. The number of halogens is 1. The Morgan fingerprint density at radius 1 is 1.21 bits per heavy atom. The molecule has 0 unspecified atom stereocenters. The van der Waals surface area contributed by atoms with Crippen LogP contribution in [0.1, 0.15) is 21.7 Å². The van der Waals surface area contributed by atoms with E-state index >= 15 is 0 Å². The molecule has 100 valence electrons. The van der Waals surface area contributed by atoms with Crippen molar-refractivity contribution in [1.82, 2.24) is 4.57 Å². The zero-order valence-electron chi connectivity index (χ0n) is 10.8. The highest BCUT2D eigenvalue weighted by Crippen LogP contribution is 2.13. The van der Waals surface area contributed by atoms with Gasteiger partial charge in [0.2, 0.25) is 0 Å². The van der Waals surface area contributed by atoms with Crippen molar-refractivity contribution in [2.24, 2.45) is 0 Å². The van der Waals surface area contributed by atoms with E-state index in [0.29, 0.717) is 18.8 Å². The first-order chi connectivity index (χ1) is 9.24. The predicted octanol–water partition coefficient (Wildman–Crippen LogP) is 2.68. The van der Waals surface area contributed by atoms with Gasteiger partial charge in [-0.15, -0.1) is 0 Å². The van der Waals surface area contributed by atoms with Crippen molar-refractivity contribution in [2.45, 2.75) is 13.0 Å². The van der Waals surface area contributed by atoms with Gasteiger partial charge in [-0.05, 0) is 29.8 Å². The van der Waals surface area contributed by atoms with Crippen LogP contribution in [-0.4, -0.2) is 24.6 Å². The normalized spacial score (nSPS) is 10.6. The summed E-state index contributed by atoms with van der Waals surface area (Å²) >= 11 is 0. The van der Waals surface area contributed by atoms with Crippen molar-refractivity contribution < 1.29 is 13.9 Å². The fourth-order valence-corrected chi connectivity index (χ4v) is 2.02. The van der Waals surface area contributed by atoms with Crippen LogP contribution >= 0.6 is 0 Å². The van der Waals surface area contributed by atoms with Crippen molar-refractivity contribution in [1.29, 1.82) is 0 Å². The molecule has 0 saturated carbocycles. The molecule has 0 fully saturated rings. The number of aromatic nitrogens is 1. The first kappa shape index (κ1) is 13.5. The first-order valence-corrected chi connectivity index (χ1v) is 6.11. The predicted molar refractivity (Wildman–Crippen MR) is 70.9 cm³/mol. The minimum Gasteiger partial charge on any atom is -0.384 e. The molecule has 19 heavy (non-hydrogen) atoms. The van der Waals surface area contributed by atoms with Gasteiger partial charge in [-0.25, -0.2) is 4.39 Å². The molecular weight excluding hydrogens is 245 g/mol. The number of benzene rings is 1. The number of ether oxygens (including phenoxy) is 1. The van der Waals surface area contributed by atoms with E-state index in [1.54, 1.807) is 25.3 Å². The van der Waals surface area contributed by atoms with Gasteiger partial charge < -0.3 is 9.30 Å². The SMILES string of the molecule is COCCc1ccc(C=O)n1Cc1ccc(F)cc1. The highest BCUT2D eigenvalue weighted by molar-refractivity contribution is 5.72. The summed E-state index contributed by atoms with van der Waals surface area (Å²) < 4.78 is 19.9. The van der Waals surface area contributed by atoms with Gasteiger partial charge in [-0.2, -0.15) is 0 Å². The molecule has 1 heterocycles. The number of hydrogen-bond donors (Lipinski definition) is 0. The Morgan fingerprint density at radius 3 is 2.58 bits per heavy atom. The summed E-state index contributed by atoms with van der Waals surface area (Å²) in [5.74, 6) is -0.258. The first-order valence-electron chi connectivity index (χ1n) is 6.11. The number of nitrogens with zero attached hydrogens (tertiary/aromatic N) is 1. The Bertz CT molecular complexity index is 546. The van der Waals surface area contributed by atoms with Crippen LogP contribution in [0, 0.1) is 5.82 Å². The molecule has 0 amide bonds. The number of rotatable bonds is 6. The second-order valence-electron chi connectivity index (χ2n) is 4.32. The highest BCUT2D eigenvalue weighted by atomic mass is 19.1. The van der Waals surface area contributed by atoms with Gasteiger partial charge in [0.15, 0.2) is 6.29 Å². The molecule has 2 rings (SSSR count). The molecule has 3 nitrogen and oxygen atoms in total. The van der Waals surface area contributed by atoms with Gasteiger partial charge in [0.1, 0.15) is 5.82 Å². The van der Waals surface area contributed by atoms with E-state index in [4.69, 9.17) is 4.74 Å². The van der Waals surface area contributed by atoms with E-state index in [9.17, 15) is 9.18 Å². The number of carbonyl (C=O) groups excluding carboxylic acids is 1. The van der Waals surface area contributed by atoms with Crippen molar-refractivity contribution >= 4 is 6.29 Å². The van der Waals surface area contributed by atoms with Crippen LogP contribution < -0.4 is 0 Å². The molecule has 4 heteroatoms. The summed E-state index contributed by atoms with van der Waals surface area (Å²) in [5.41, 5.74) is 2.61. The summed E-state index contributed by atoms with van der Waals surface area (Å²) in [5, 5.41) is 0. The molecule has 0 atom stereocenters. The minimum atomic E-state index is -0.258. The van der Waals surface area contributed by atoms with Crippen LogP contribution in [0.3, 0.4) is 0 Å². The van der Waals surface area contributed by atoms with Gasteiger partial charge in [0, 0.05) is 25.8 Å². The third kappa shape index (κ3) is 3.29. The lowest BCUT2D eigenvalue weighted by Crippen LogP contribution is -2.09. The van der Waals surface area contributed by atoms with E-state index in [0.717, 1.165) is 24.0 Å². The average Bonchev–Trinajstić information content (AvgIpc) is 2.81. The van der Waals surface area contributed by atoms with Crippen LogP contribution in [0.25, 0.3) is 0 Å². The zero-order chi connectivity index (χ0) is 13.7. The van der Waals surface area contributed by atoms with Crippen molar-refractivity contribution in [3.63, 3.8) is 0 Å². The number of methoxy groups -OCH3 is 1. The fourth-order valence-electron chi connectivity index (χ4n) is 2.02. The van der Waals surface area contributed by atoms with Gasteiger partial charge in [0.05, 0.1) is 12.3 Å². The van der Waals surface area contributed by atoms with Crippen molar-refractivity contribution in [3.8, 4) is 0 Å². The maximum absolute atomic E-state index is 12.9. The smallest absolute Gasteiger partial charge is 0.166 e. The summed E-state index contributed by atoms with van der Waals surface area (Å²) in [6.07, 6.45) is 1.57. The molecule has 1 aromatic heterocycles. The maximum Gasteiger partial charge on any atom is 0.166 e. The number of aldehydes is 1. The molecule has 0 aliphatic heterocycles. The molecule has 0 spiro atoms. The Morgan fingerprint density at radius 2 is 1.95 bits per heavy atom. The van der Waals surface area contributed by atoms with Crippen LogP contribution in [0.5, 0.6) is 0 Å². The second-order valence-corrected chi connectivity index (χ2v) is 4.32. The van der Waals surface area contributed by atoms with Crippen LogP contribution in [-0.2, 0) is 17.7 Å². The van der Waals surface area contributed by atoms with E-state index in [2.05, 4.69) is 0 Å². The standard InChI is InChI=1S/C15H16FNO2/c1-19-9-8-14-6-7-15(11-18)17(14)10-12-2-4-13(16)5-3-12/h2-7,11H,8-10H2,1H3. The Hall–Kier alpha value is -1.94. The van der Waals surface area contributed by atoms with Crippen LogP contribution in [0.2, 0.25) is 0 Å². The molecule has 0 N–H and O–H groups in total. The summed E-state index contributed by atoms with van der Waals surface area (Å²) in [6, 6.07) is 10.0. The highest BCUT2D eigenvalue weighted by Gasteiger charge is 2.08. The molecule has 2 aromatic rings. The molecule has 0 bridgehead atoms. The second kappa shape index (κ2) is 6.29. The topological polar surface area (TPSA) is 31.2 Å². The van der Waals surface area contributed by atoms with Crippen molar-refractivity contribution in [3.05, 3.63) is 59.2 Å². The van der Waals surface area contributed by atoms with E-state index in [1.165, 1.54) is 12.1 Å². The van der Waals surface area contributed by atoms with Crippen LogP contribution in [0.4, 0.5) is 4.39 Å². The largest absolute Gasteiger partial charge is 0.384 e. The molecule has 1 aromatic carbocycles. The zero-order valence-corrected chi connectivity index (χ0v) is 10.8. The minimum absolute atomic E-state index is 0.258. The van der Waals surface area contributed by atoms with Crippen LogP contribution in [0.15, 0.2) is 36.4 Å². The van der Waals surface area contributed by atoms with Gasteiger partial charge in [-0.1, -0.05) is 12.1 Å². The Labute approximate surface area is 111 Å². The third-order valence-corrected chi connectivity index (χ3v) is 3.04. The quantitative estimate of drug-likeness (QED) is 0.749. The van der Waals surface area contributed by atoms with Crippen molar-refractivity contribution in [2.75, 3.05) is 13.7 Å².